The van der Waals surface area contributed by atoms with Crippen molar-refractivity contribution in [3.8, 4) is 0 Å². The van der Waals surface area contributed by atoms with Crippen LogP contribution in [0.15, 0.2) is 0 Å². The Morgan fingerprint density at radius 1 is 1.07 bits per heavy atom. The first-order chi connectivity index (χ1) is 6.17. The Kier molecular flexibility index (Phi) is 4.77. The molecule has 0 fully saturated rings. The number of alkyl halides is 5. The van der Waals surface area contributed by atoms with Crippen LogP contribution in [0.4, 0.5) is 22.0 Å². The van der Waals surface area contributed by atoms with Crippen molar-refractivity contribution in [1.29, 1.82) is 0 Å². The smallest absolute Gasteiger partial charge is 0.281 e. The fraction of sp³-hybridized carbons (Fsp3) is 0.857. The predicted molar refractivity (Wildman–Crippen MR) is 40.3 cm³/mol. The van der Waals surface area contributed by atoms with Crippen LogP contribution in [0.1, 0.15) is 25.7 Å². The monoisotopic (exact) mass is 238 g/mol. The molecule has 0 heterocycles. The van der Waals surface area contributed by atoms with Gasteiger partial charge in [0.1, 0.15) is 0 Å². The van der Waals surface area contributed by atoms with Gasteiger partial charge in [0, 0.05) is 12.8 Å². The summed E-state index contributed by atoms with van der Waals surface area (Å²) in [4.78, 5) is 10.1. The molecule has 0 aromatic heterocycles. The van der Waals surface area contributed by atoms with E-state index in [9.17, 15) is 26.7 Å². The van der Waals surface area contributed by atoms with Crippen molar-refractivity contribution in [2.24, 2.45) is 0 Å². The van der Waals surface area contributed by atoms with Crippen LogP contribution in [0, 0.1) is 0 Å². The molecule has 0 radical (unpaired) electrons. The summed E-state index contributed by atoms with van der Waals surface area (Å²) in [5.74, 6) is -4.68. The molecule has 0 aliphatic heterocycles. The van der Waals surface area contributed by atoms with Gasteiger partial charge >= 0.3 is 12.1 Å². The first-order valence-electron chi connectivity index (χ1n) is 3.80. The van der Waals surface area contributed by atoms with Crippen molar-refractivity contribution >= 4 is 16.8 Å². The van der Waals surface area contributed by atoms with E-state index in [0.717, 1.165) is 0 Å². The Bertz CT molecular complexity index is 201. The number of carbonyl (C=O) groups is 1. The van der Waals surface area contributed by atoms with Crippen molar-refractivity contribution < 1.29 is 26.7 Å². The molecule has 14 heavy (non-hydrogen) atoms. The zero-order valence-electron chi connectivity index (χ0n) is 7.00. The van der Waals surface area contributed by atoms with Crippen molar-refractivity contribution in [3.05, 3.63) is 0 Å². The van der Waals surface area contributed by atoms with E-state index < -0.39 is 23.8 Å². The molecule has 0 saturated heterocycles. The molecular weight excluding hydrogens is 231 g/mol. The molecule has 1 nitrogen and oxygen atoms in total. The quantitative estimate of drug-likeness (QED) is 0.407. The second-order valence-corrected chi connectivity index (χ2v) is 3.19. The van der Waals surface area contributed by atoms with Crippen LogP contribution in [-0.4, -0.2) is 17.3 Å². The molecule has 0 aliphatic rings. The summed E-state index contributed by atoms with van der Waals surface area (Å²) >= 11 is 4.87. The second-order valence-electron chi connectivity index (χ2n) is 2.76. The van der Waals surface area contributed by atoms with Crippen LogP contribution in [-0.2, 0) is 4.79 Å². The van der Waals surface area contributed by atoms with Gasteiger partial charge in [-0.3, -0.25) is 4.79 Å². The standard InChI is InChI=1S/C7H8ClF5O/c8-5(14)3-1-2-4-6(9,10)7(11,12)13/h1-4H2. The van der Waals surface area contributed by atoms with E-state index in [0.29, 0.717) is 0 Å². The average molecular weight is 239 g/mol. The van der Waals surface area contributed by atoms with Crippen LogP contribution in [0.2, 0.25) is 0 Å². The zero-order chi connectivity index (χ0) is 11.4. The van der Waals surface area contributed by atoms with Gasteiger partial charge < -0.3 is 0 Å². The molecule has 0 aliphatic carbocycles. The van der Waals surface area contributed by atoms with Gasteiger partial charge in [0.05, 0.1) is 0 Å². The summed E-state index contributed by atoms with van der Waals surface area (Å²) in [6.45, 7) is 0. The summed E-state index contributed by atoms with van der Waals surface area (Å²) < 4.78 is 59.2. The average Bonchev–Trinajstić information content (AvgIpc) is 1.95. The summed E-state index contributed by atoms with van der Waals surface area (Å²) in [7, 11) is 0. The van der Waals surface area contributed by atoms with E-state index in [1.54, 1.807) is 0 Å². The third-order valence-corrected chi connectivity index (χ3v) is 1.72. The summed E-state index contributed by atoms with van der Waals surface area (Å²) in [5.41, 5.74) is 0. The third-order valence-electron chi connectivity index (χ3n) is 1.53. The van der Waals surface area contributed by atoms with Gasteiger partial charge in [0.15, 0.2) is 0 Å². The maximum absolute atomic E-state index is 12.2. The maximum Gasteiger partial charge on any atom is 0.453 e. The van der Waals surface area contributed by atoms with Crippen LogP contribution in [0.5, 0.6) is 0 Å². The molecular formula is C7H8ClF5O. The minimum atomic E-state index is -5.52. The Morgan fingerprint density at radius 3 is 1.93 bits per heavy atom. The van der Waals surface area contributed by atoms with E-state index in [4.69, 9.17) is 11.6 Å². The Labute approximate surface area is 82.2 Å². The highest BCUT2D eigenvalue weighted by Gasteiger charge is 2.56. The third kappa shape index (κ3) is 4.74. The molecule has 0 aromatic rings. The Balaban J connectivity index is 3.83. The fourth-order valence-corrected chi connectivity index (χ4v) is 0.886. The van der Waals surface area contributed by atoms with E-state index in [2.05, 4.69) is 0 Å². The lowest BCUT2D eigenvalue weighted by Gasteiger charge is -2.18. The van der Waals surface area contributed by atoms with Crippen molar-refractivity contribution in [3.63, 3.8) is 0 Å². The summed E-state index contributed by atoms with van der Waals surface area (Å²) in [6, 6.07) is 0. The van der Waals surface area contributed by atoms with Crippen molar-refractivity contribution in [1.82, 2.24) is 0 Å². The summed E-state index contributed by atoms with van der Waals surface area (Å²) in [5, 5.41) is -0.736. The number of unbranched alkanes of at least 4 members (excludes halogenated alkanes) is 1. The zero-order valence-corrected chi connectivity index (χ0v) is 7.76. The normalized spacial score (nSPS) is 13.0. The van der Waals surface area contributed by atoms with Crippen molar-refractivity contribution in [2.45, 2.75) is 37.8 Å². The maximum atomic E-state index is 12.2. The fourth-order valence-electron chi connectivity index (χ4n) is 0.753. The molecule has 0 spiro atoms. The lowest BCUT2D eigenvalue weighted by Crippen LogP contribution is -2.36. The van der Waals surface area contributed by atoms with Gasteiger partial charge in [0.25, 0.3) is 0 Å². The number of rotatable bonds is 5. The number of halogens is 6. The molecule has 0 rings (SSSR count). The molecule has 0 amide bonds. The topological polar surface area (TPSA) is 17.1 Å². The first kappa shape index (κ1) is 13.6. The van der Waals surface area contributed by atoms with Gasteiger partial charge in [-0.15, -0.1) is 0 Å². The van der Waals surface area contributed by atoms with Crippen LogP contribution in [0.25, 0.3) is 0 Å². The van der Waals surface area contributed by atoms with E-state index in [1.807, 2.05) is 0 Å². The lowest BCUT2D eigenvalue weighted by molar-refractivity contribution is -0.284. The minimum Gasteiger partial charge on any atom is -0.281 e. The highest BCUT2D eigenvalue weighted by molar-refractivity contribution is 6.63. The van der Waals surface area contributed by atoms with Crippen LogP contribution in [0.3, 0.4) is 0 Å². The number of hydrogen-bond acceptors (Lipinski definition) is 1. The second kappa shape index (κ2) is 4.91. The van der Waals surface area contributed by atoms with E-state index in [-0.39, 0.29) is 19.3 Å². The predicted octanol–water partition coefficient (Wildman–Crippen LogP) is 3.51. The first-order valence-corrected chi connectivity index (χ1v) is 4.17. The van der Waals surface area contributed by atoms with E-state index in [1.165, 1.54) is 0 Å². The Morgan fingerprint density at radius 2 is 1.57 bits per heavy atom. The SMILES string of the molecule is O=C(Cl)CCCCC(F)(F)C(F)(F)F. The van der Waals surface area contributed by atoms with Gasteiger partial charge in [-0.2, -0.15) is 22.0 Å². The van der Waals surface area contributed by atoms with Gasteiger partial charge in [-0.1, -0.05) is 0 Å². The van der Waals surface area contributed by atoms with Gasteiger partial charge in [-0.05, 0) is 24.4 Å². The molecule has 0 saturated carbocycles. The van der Waals surface area contributed by atoms with E-state index >= 15 is 0 Å². The number of hydrogen-bond donors (Lipinski definition) is 0. The molecule has 84 valence electrons. The highest BCUT2D eigenvalue weighted by atomic mass is 35.5. The molecule has 0 unspecified atom stereocenters. The highest BCUT2D eigenvalue weighted by Crippen LogP contribution is 2.39. The molecule has 0 N–H and O–H groups in total. The molecule has 0 bridgehead atoms. The van der Waals surface area contributed by atoms with Crippen molar-refractivity contribution in [2.75, 3.05) is 0 Å². The minimum absolute atomic E-state index is 0.0615. The molecule has 0 atom stereocenters. The van der Waals surface area contributed by atoms with Crippen LogP contribution >= 0.6 is 11.6 Å². The Hall–Kier alpha value is -0.390. The lowest BCUT2D eigenvalue weighted by atomic mass is 10.1. The van der Waals surface area contributed by atoms with Gasteiger partial charge in [-0.25, -0.2) is 0 Å². The van der Waals surface area contributed by atoms with Gasteiger partial charge in [0.2, 0.25) is 5.24 Å². The molecule has 0 aromatic carbocycles. The number of carbonyl (C=O) groups excluding carboxylic acids is 1. The van der Waals surface area contributed by atoms with Crippen LogP contribution < -0.4 is 0 Å². The molecule has 7 heteroatoms. The largest absolute Gasteiger partial charge is 0.453 e. The summed E-state index contributed by atoms with van der Waals surface area (Å²) in [6.07, 6.45) is -7.45.